The van der Waals surface area contributed by atoms with Gasteiger partial charge in [0.15, 0.2) is 0 Å². The Kier molecular flexibility index (Phi) is 7.23. The summed E-state index contributed by atoms with van der Waals surface area (Å²) in [6.45, 7) is 8.03. The summed E-state index contributed by atoms with van der Waals surface area (Å²) in [6.07, 6.45) is 2.38. The fourth-order valence-electron chi connectivity index (χ4n) is 2.22. The topological polar surface area (TPSA) is 64.4 Å². The zero-order valence-corrected chi connectivity index (χ0v) is 13.6. The fraction of sp³-hybridized carbons (Fsp3) is 0.588. The molecule has 1 rings (SSSR count). The first-order chi connectivity index (χ1) is 9.92. The monoisotopic (exact) mass is 292 g/mol. The van der Waals surface area contributed by atoms with Crippen LogP contribution in [0.15, 0.2) is 24.3 Å². The molecule has 0 aliphatic rings. The molecule has 1 amide bonds. The van der Waals surface area contributed by atoms with Crippen LogP contribution in [0.4, 0.5) is 0 Å². The van der Waals surface area contributed by atoms with Crippen molar-refractivity contribution in [3.8, 4) is 5.75 Å². The van der Waals surface area contributed by atoms with E-state index in [1.807, 2.05) is 45.0 Å². The van der Waals surface area contributed by atoms with E-state index in [0.717, 1.165) is 24.2 Å². The summed E-state index contributed by atoms with van der Waals surface area (Å²) in [7, 11) is 0. The van der Waals surface area contributed by atoms with E-state index in [2.05, 4.69) is 12.2 Å². The second-order valence-electron chi connectivity index (χ2n) is 5.78. The predicted molar refractivity (Wildman–Crippen MR) is 86.3 cm³/mol. The van der Waals surface area contributed by atoms with Crippen LogP contribution in [0, 0.1) is 0 Å². The number of nitrogens with one attached hydrogen (secondary N) is 1. The number of benzene rings is 1. The Morgan fingerprint density at radius 1 is 1.33 bits per heavy atom. The minimum absolute atomic E-state index is 0.00127. The van der Waals surface area contributed by atoms with E-state index in [9.17, 15) is 4.79 Å². The van der Waals surface area contributed by atoms with Crippen LogP contribution in [0.2, 0.25) is 0 Å². The molecule has 1 aromatic carbocycles. The Labute approximate surface area is 128 Å². The lowest BCUT2D eigenvalue weighted by Gasteiger charge is -2.18. The summed E-state index contributed by atoms with van der Waals surface area (Å²) in [4.78, 5) is 12.0. The number of carbonyl (C=O) groups is 1. The van der Waals surface area contributed by atoms with Crippen molar-refractivity contribution in [2.75, 3.05) is 0 Å². The van der Waals surface area contributed by atoms with Crippen LogP contribution in [0.1, 0.15) is 58.6 Å². The molecule has 0 aliphatic heterocycles. The van der Waals surface area contributed by atoms with Gasteiger partial charge in [0.2, 0.25) is 5.91 Å². The molecule has 0 spiro atoms. The SMILES string of the molecule is CCCC(N)CC(=O)NC(C)c1cccc(OC(C)C)c1. The fourth-order valence-corrected chi connectivity index (χ4v) is 2.22. The molecule has 0 aliphatic carbocycles. The molecule has 2 unspecified atom stereocenters. The Hall–Kier alpha value is -1.55. The van der Waals surface area contributed by atoms with E-state index in [4.69, 9.17) is 10.5 Å². The van der Waals surface area contributed by atoms with Crippen LogP contribution in [0.3, 0.4) is 0 Å². The lowest BCUT2D eigenvalue weighted by molar-refractivity contribution is -0.122. The first-order valence-electron chi connectivity index (χ1n) is 7.74. The third kappa shape index (κ3) is 6.63. The molecule has 2 atom stereocenters. The highest BCUT2D eigenvalue weighted by Gasteiger charge is 2.13. The van der Waals surface area contributed by atoms with Crippen molar-refractivity contribution in [1.82, 2.24) is 5.32 Å². The molecule has 0 radical (unpaired) electrons. The predicted octanol–water partition coefficient (Wildman–Crippen LogP) is 3.17. The van der Waals surface area contributed by atoms with Gasteiger partial charge in [-0.15, -0.1) is 0 Å². The summed E-state index contributed by atoms with van der Waals surface area (Å²) in [5.74, 6) is 0.824. The van der Waals surface area contributed by atoms with E-state index in [-0.39, 0.29) is 24.1 Å². The number of amides is 1. The maximum absolute atomic E-state index is 12.0. The highest BCUT2D eigenvalue weighted by molar-refractivity contribution is 5.77. The lowest BCUT2D eigenvalue weighted by atomic mass is 10.1. The Morgan fingerprint density at radius 3 is 2.67 bits per heavy atom. The molecule has 0 bridgehead atoms. The van der Waals surface area contributed by atoms with Crippen molar-refractivity contribution in [3.05, 3.63) is 29.8 Å². The summed E-state index contributed by atoms with van der Waals surface area (Å²) in [6, 6.07) is 7.72. The summed E-state index contributed by atoms with van der Waals surface area (Å²) in [5, 5.41) is 2.99. The van der Waals surface area contributed by atoms with E-state index >= 15 is 0 Å². The molecule has 4 nitrogen and oxygen atoms in total. The van der Waals surface area contributed by atoms with Crippen molar-refractivity contribution >= 4 is 5.91 Å². The first kappa shape index (κ1) is 17.5. The molecule has 0 saturated carbocycles. The molecular formula is C17H28N2O2. The van der Waals surface area contributed by atoms with Gasteiger partial charge in [-0.2, -0.15) is 0 Å². The zero-order valence-electron chi connectivity index (χ0n) is 13.6. The largest absolute Gasteiger partial charge is 0.491 e. The summed E-state index contributed by atoms with van der Waals surface area (Å²) < 4.78 is 5.67. The summed E-state index contributed by atoms with van der Waals surface area (Å²) >= 11 is 0. The second-order valence-corrected chi connectivity index (χ2v) is 5.78. The normalized spacial score (nSPS) is 13.8. The number of rotatable bonds is 8. The van der Waals surface area contributed by atoms with Gasteiger partial charge in [0.05, 0.1) is 12.1 Å². The van der Waals surface area contributed by atoms with Crippen molar-refractivity contribution in [2.45, 2.75) is 65.1 Å². The third-order valence-electron chi connectivity index (χ3n) is 3.21. The number of nitrogens with two attached hydrogens (primary N) is 1. The summed E-state index contributed by atoms with van der Waals surface area (Å²) in [5.41, 5.74) is 6.93. The van der Waals surface area contributed by atoms with Crippen LogP contribution < -0.4 is 15.8 Å². The zero-order chi connectivity index (χ0) is 15.8. The van der Waals surface area contributed by atoms with Gasteiger partial charge >= 0.3 is 0 Å². The molecule has 0 saturated heterocycles. The van der Waals surface area contributed by atoms with Gasteiger partial charge in [0.1, 0.15) is 5.75 Å². The molecule has 118 valence electrons. The average molecular weight is 292 g/mol. The minimum atomic E-state index is -0.0576. The Balaban J connectivity index is 2.58. The molecular weight excluding hydrogens is 264 g/mol. The lowest BCUT2D eigenvalue weighted by Crippen LogP contribution is -2.33. The Bertz CT molecular complexity index is 446. The minimum Gasteiger partial charge on any atom is -0.491 e. The van der Waals surface area contributed by atoms with Gasteiger partial charge < -0.3 is 15.8 Å². The van der Waals surface area contributed by atoms with Gasteiger partial charge in [0.25, 0.3) is 0 Å². The third-order valence-corrected chi connectivity index (χ3v) is 3.21. The number of ether oxygens (including phenoxy) is 1. The number of hydrogen-bond acceptors (Lipinski definition) is 3. The van der Waals surface area contributed by atoms with Crippen molar-refractivity contribution in [3.63, 3.8) is 0 Å². The van der Waals surface area contributed by atoms with E-state index < -0.39 is 0 Å². The van der Waals surface area contributed by atoms with Gasteiger partial charge in [-0.1, -0.05) is 25.5 Å². The van der Waals surface area contributed by atoms with Gasteiger partial charge in [-0.05, 0) is 44.9 Å². The van der Waals surface area contributed by atoms with Crippen LogP contribution in [-0.2, 0) is 4.79 Å². The van der Waals surface area contributed by atoms with Gasteiger partial charge in [-0.3, -0.25) is 4.79 Å². The molecule has 3 N–H and O–H groups in total. The molecule has 1 aromatic rings. The number of hydrogen-bond donors (Lipinski definition) is 2. The molecule has 4 heteroatoms. The van der Waals surface area contributed by atoms with Crippen LogP contribution in [0.25, 0.3) is 0 Å². The van der Waals surface area contributed by atoms with E-state index in [1.54, 1.807) is 0 Å². The van der Waals surface area contributed by atoms with E-state index in [1.165, 1.54) is 0 Å². The Morgan fingerprint density at radius 2 is 2.05 bits per heavy atom. The molecule has 0 aromatic heterocycles. The standard InChI is InChI=1S/C17H28N2O2/c1-5-7-15(18)11-17(20)19-13(4)14-8-6-9-16(10-14)21-12(2)3/h6,8-10,12-13,15H,5,7,11,18H2,1-4H3,(H,19,20). The smallest absolute Gasteiger partial charge is 0.222 e. The van der Waals surface area contributed by atoms with Gasteiger partial charge in [0, 0.05) is 12.5 Å². The maximum atomic E-state index is 12.0. The quantitative estimate of drug-likeness (QED) is 0.773. The van der Waals surface area contributed by atoms with Crippen LogP contribution in [-0.4, -0.2) is 18.1 Å². The second kappa shape index (κ2) is 8.67. The van der Waals surface area contributed by atoms with Crippen molar-refractivity contribution in [2.24, 2.45) is 5.73 Å². The first-order valence-corrected chi connectivity index (χ1v) is 7.74. The van der Waals surface area contributed by atoms with Crippen LogP contribution >= 0.6 is 0 Å². The number of carbonyl (C=O) groups excluding carboxylic acids is 1. The molecule has 21 heavy (non-hydrogen) atoms. The van der Waals surface area contributed by atoms with Gasteiger partial charge in [-0.25, -0.2) is 0 Å². The van der Waals surface area contributed by atoms with Crippen molar-refractivity contribution in [1.29, 1.82) is 0 Å². The van der Waals surface area contributed by atoms with E-state index in [0.29, 0.717) is 6.42 Å². The molecule has 0 fully saturated rings. The van der Waals surface area contributed by atoms with Crippen molar-refractivity contribution < 1.29 is 9.53 Å². The molecule has 0 heterocycles. The highest BCUT2D eigenvalue weighted by Crippen LogP contribution is 2.20. The average Bonchev–Trinajstić information content (AvgIpc) is 2.38. The highest BCUT2D eigenvalue weighted by atomic mass is 16.5. The van der Waals surface area contributed by atoms with Crippen LogP contribution in [0.5, 0.6) is 5.75 Å². The maximum Gasteiger partial charge on any atom is 0.222 e.